The minimum atomic E-state index is -4.39. The molecule has 0 aromatic rings. The van der Waals surface area contributed by atoms with Crippen molar-refractivity contribution in [1.29, 1.82) is 0 Å². The Bertz CT molecular complexity index is 571. The van der Waals surface area contributed by atoms with Crippen LogP contribution < -0.4 is 5.11 Å². The van der Waals surface area contributed by atoms with Crippen LogP contribution in [0.2, 0.25) is 51.4 Å². The predicted octanol–water partition coefficient (Wildman–Crippen LogP) is 3.32. The van der Waals surface area contributed by atoms with Gasteiger partial charge in [-0.15, -0.1) is 0 Å². The summed E-state index contributed by atoms with van der Waals surface area (Å²) in [6.45, 7) is 12.8. The summed E-state index contributed by atoms with van der Waals surface area (Å²) < 4.78 is 56.4. The average Bonchev–Trinajstić information content (AvgIpc) is 2.38. The molecule has 0 spiro atoms. The third-order valence-corrected chi connectivity index (χ3v) is 14.5. The molecule has 28 heavy (non-hydrogen) atoms. The van der Waals surface area contributed by atoms with Gasteiger partial charge in [0.1, 0.15) is 0 Å². The predicted molar refractivity (Wildman–Crippen MR) is 105 cm³/mol. The van der Waals surface area contributed by atoms with Gasteiger partial charge in [-0.25, -0.2) is 4.79 Å². The Balaban J connectivity index is 5.16. The molecule has 0 aliphatic heterocycles. The maximum Gasteiger partial charge on any atom is 0.389 e. The quantitative estimate of drug-likeness (QED) is 0.268. The number of carboxylic acid groups (broad SMARTS) is 1. The third-order valence-electron chi connectivity index (χ3n) is 3.59. The van der Waals surface area contributed by atoms with E-state index in [4.69, 9.17) is 13.0 Å². The Morgan fingerprint density at radius 3 is 1.96 bits per heavy atom. The summed E-state index contributed by atoms with van der Waals surface area (Å²) in [7, 11) is -7.42. The number of carbonyl (C=O) groups excluding carboxylic acids is 2. The van der Waals surface area contributed by atoms with E-state index >= 15 is 0 Å². The average molecular weight is 460 g/mol. The largest absolute Gasteiger partial charge is 0.545 e. The number of halogens is 3. The number of alkyl halides is 3. The fourth-order valence-electron chi connectivity index (χ4n) is 2.94. The lowest BCUT2D eigenvalue weighted by Crippen LogP contribution is -2.53. The molecule has 164 valence electrons. The minimum Gasteiger partial charge on any atom is -0.545 e. The van der Waals surface area contributed by atoms with Crippen LogP contribution in [0, 0.1) is 0 Å². The zero-order valence-corrected chi connectivity index (χ0v) is 20.4. The van der Waals surface area contributed by atoms with Crippen molar-refractivity contribution in [3.8, 4) is 0 Å². The molecule has 0 heterocycles. The molecule has 0 rings (SSSR count). The van der Waals surface area contributed by atoms with Gasteiger partial charge in [-0.1, -0.05) is 0 Å². The summed E-state index contributed by atoms with van der Waals surface area (Å²) in [5.74, 6) is -2.52. The van der Waals surface area contributed by atoms with Crippen LogP contribution in [-0.4, -0.2) is 49.9 Å². The van der Waals surface area contributed by atoms with Crippen LogP contribution in [0.1, 0.15) is 12.8 Å². The molecular formula is C16H30F3O6Si3-. The van der Waals surface area contributed by atoms with Crippen molar-refractivity contribution in [3.05, 3.63) is 12.2 Å². The maximum absolute atomic E-state index is 13.1. The van der Waals surface area contributed by atoms with Gasteiger partial charge in [0.2, 0.25) is 0 Å². The molecule has 12 heteroatoms. The normalized spacial score (nSPS) is 14.9. The summed E-state index contributed by atoms with van der Waals surface area (Å²) in [6.07, 6.45) is -4.32. The Morgan fingerprint density at radius 2 is 1.54 bits per heavy atom. The smallest absolute Gasteiger partial charge is 0.389 e. The van der Waals surface area contributed by atoms with E-state index in [1.165, 1.54) is 0 Å². The SMILES string of the molecule is C[Si](C)(C)O[Si](C)(C)O[Si](C)(C)C(CCOC(=O)C=CC(=O)[O-])CC(F)(F)F. The first-order chi connectivity index (χ1) is 12.3. The zero-order valence-electron chi connectivity index (χ0n) is 17.4. The standard InChI is InChI=1S/C16H31F3O6Si3/c1-26(2,3)24-28(6,7)25-27(4,5)13(12-16(17,18)19)10-11-23-15(22)9-8-14(20)21/h8-9,13H,10-12H2,1-7H3,(H,20,21)/p-1. The van der Waals surface area contributed by atoms with E-state index in [-0.39, 0.29) is 13.0 Å². The van der Waals surface area contributed by atoms with E-state index in [1.54, 1.807) is 13.1 Å². The first-order valence-corrected chi connectivity index (χ1v) is 18.1. The maximum atomic E-state index is 13.1. The van der Waals surface area contributed by atoms with Crippen molar-refractivity contribution in [2.45, 2.75) is 70.4 Å². The summed E-state index contributed by atoms with van der Waals surface area (Å²) in [5.41, 5.74) is -0.845. The third kappa shape index (κ3) is 13.3. The summed E-state index contributed by atoms with van der Waals surface area (Å²) in [4.78, 5) is 21.7. The van der Waals surface area contributed by atoms with Crippen LogP contribution >= 0.6 is 0 Å². The second-order valence-electron chi connectivity index (χ2n) is 8.44. The minimum absolute atomic E-state index is 0.0406. The lowest BCUT2D eigenvalue weighted by Gasteiger charge is -2.41. The second-order valence-corrected chi connectivity index (χ2v) is 21.1. The monoisotopic (exact) mass is 459 g/mol. The summed E-state index contributed by atoms with van der Waals surface area (Å²) >= 11 is 0. The number of carbonyl (C=O) groups is 2. The molecular weight excluding hydrogens is 429 g/mol. The number of esters is 1. The van der Waals surface area contributed by atoms with E-state index in [0.717, 1.165) is 0 Å². The fourth-order valence-corrected chi connectivity index (χ4v) is 16.6. The molecule has 0 aromatic carbocycles. The van der Waals surface area contributed by atoms with Gasteiger partial charge in [0.05, 0.1) is 12.6 Å². The highest BCUT2D eigenvalue weighted by atomic mass is 28.5. The van der Waals surface area contributed by atoms with Crippen molar-refractivity contribution < 1.29 is 40.8 Å². The fraction of sp³-hybridized carbons (Fsp3) is 0.750. The molecule has 0 aromatic heterocycles. The van der Waals surface area contributed by atoms with Crippen LogP contribution in [0.4, 0.5) is 13.2 Å². The number of carboxylic acids is 1. The Hall–Kier alpha value is -0.959. The van der Waals surface area contributed by atoms with Gasteiger partial charge in [-0.05, 0) is 63.9 Å². The molecule has 0 saturated heterocycles. The highest BCUT2D eigenvalue weighted by Gasteiger charge is 2.46. The molecule has 6 nitrogen and oxygen atoms in total. The molecule has 0 aliphatic rings. The van der Waals surface area contributed by atoms with E-state index in [2.05, 4.69) is 0 Å². The van der Waals surface area contributed by atoms with Crippen molar-refractivity contribution in [2.75, 3.05) is 6.61 Å². The molecule has 0 amide bonds. The van der Waals surface area contributed by atoms with Gasteiger partial charge < -0.3 is 22.9 Å². The van der Waals surface area contributed by atoms with Crippen LogP contribution in [0.15, 0.2) is 12.2 Å². The Morgan fingerprint density at radius 1 is 1.00 bits per heavy atom. The van der Waals surface area contributed by atoms with Gasteiger partial charge in [0.25, 0.3) is 0 Å². The van der Waals surface area contributed by atoms with Crippen molar-refractivity contribution >= 4 is 37.1 Å². The molecule has 0 aliphatic carbocycles. The Labute approximate surface area is 167 Å². The van der Waals surface area contributed by atoms with E-state index in [0.29, 0.717) is 12.2 Å². The molecule has 1 unspecified atom stereocenters. The number of hydrogen-bond acceptors (Lipinski definition) is 6. The molecule has 1 atom stereocenters. The molecule has 0 fully saturated rings. The zero-order chi connectivity index (χ0) is 22.4. The Kier molecular flexibility index (Phi) is 9.84. The lowest BCUT2D eigenvalue weighted by atomic mass is 10.2. The van der Waals surface area contributed by atoms with E-state index < -0.39 is 55.3 Å². The highest BCUT2D eigenvalue weighted by molar-refractivity contribution is 6.87. The highest BCUT2D eigenvalue weighted by Crippen LogP contribution is 2.39. The van der Waals surface area contributed by atoms with Gasteiger partial charge in [0, 0.05) is 12.5 Å². The van der Waals surface area contributed by atoms with Crippen LogP contribution in [-0.2, 0) is 22.6 Å². The summed E-state index contributed by atoms with van der Waals surface area (Å²) in [5, 5.41) is 10.3. The van der Waals surface area contributed by atoms with Crippen LogP contribution in [0.3, 0.4) is 0 Å². The number of rotatable bonds is 11. The van der Waals surface area contributed by atoms with Crippen LogP contribution in [0.25, 0.3) is 0 Å². The second kappa shape index (κ2) is 10.2. The van der Waals surface area contributed by atoms with Gasteiger partial charge in [-0.2, -0.15) is 13.2 Å². The topological polar surface area (TPSA) is 84.9 Å². The number of aliphatic carboxylic acids is 1. The molecule has 0 bridgehead atoms. The molecule has 0 saturated carbocycles. The first-order valence-electron chi connectivity index (χ1n) is 8.86. The van der Waals surface area contributed by atoms with Gasteiger partial charge >= 0.3 is 20.7 Å². The first kappa shape index (κ1) is 27.0. The van der Waals surface area contributed by atoms with Crippen molar-refractivity contribution in [3.63, 3.8) is 0 Å². The van der Waals surface area contributed by atoms with E-state index in [1.807, 2.05) is 32.7 Å². The van der Waals surface area contributed by atoms with Crippen molar-refractivity contribution in [1.82, 2.24) is 0 Å². The molecule has 0 N–H and O–H groups in total. The van der Waals surface area contributed by atoms with Gasteiger partial charge in [0.15, 0.2) is 16.6 Å². The summed E-state index contributed by atoms with van der Waals surface area (Å²) in [6, 6.07) is 0. The van der Waals surface area contributed by atoms with Crippen molar-refractivity contribution in [2.24, 2.45) is 0 Å². The number of ether oxygens (including phenoxy) is 1. The van der Waals surface area contributed by atoms with Gasteiger partial charge in [-0.3, -0.25) is 0 Å². The lowest BCUT2D eigenvalue weighted by molar-refractivity contribution is -0.297. The van der Waals surface area contributed by atoms with E-state index in [9.17, 15) is 27.9 Å². The van der Waals surface area contributed by atoms with Crippen LogP contribution in [0.5, 0.6) is 0 Å². The molecule has 0 radical (unpaired) electrons. The number of hydrogen-bond donors (Lipinski definition) is 0.